The van der Waals surface area contributed by atoms with Crippen LogP contribution in [0.25, 0.3) is 0 Å². The van der Waals surface area contributed by atoms with Gasteiger partial charge in [-0.25, -0.2) is 0 Å². The normalized spacial score (nSPS) is 37.7. The molecule has 5 N–H and O–H groups in total. The molecule has 0 radical (unpaired) electrons. The average molecular weight is 583 g/mol. The SMILES string of the molecule is CSC1O[C@H]([C@H](NC(=O)[C@H]2NC[C@@H]3C[C@@H](c4ccc(C(F)(F)F)cc4)CCO[C@H]32)[C@H](C)Cl)C(O)C(O)[C@H]1O. The van der Waals surface area contributed by atoms with E-state index < -0.39 is 71.1 Å². The quantitative estimate of drug-likeness (QED) is 0.322. The van der Waals surface area contributed by atoms with E-state index in [1.165, 1.54) is 23.9 Å². The Labute approximate surface area is 228 Å². The molecule has 3 heterocycles. The third-order valence-electron chi connectivity index (χ3n) is 7.75. The van der Waals surface area contributed by atoms with Crippen LogP contribution in [0.3, 0.4) is 0 Å². The van der Waals surface area contributed by atoms with E-state index in [9.17, 15) is 33.3 Å². The first-order valence-corrected chi connectivity index (χ1v) is 14.3. The second kappa shape index (κ2) is 12.2. The van der Waals surface area contributed by atoms with Gasteiger partial charge in [0.05, 0.1) is 23.1 Å². The van der Waals surface area contributed by atoms with Crippen LogP contribution < -0.4 is 10.6 Å². The van der Waals surface area contributed by atoms with E-state index in [1.807, 2.05) is 0 Å². The van der Waals surface area contributed by atoms with E-state index in [1.54, 1.807) is 13.2 Å². The minimum Gasteiger partial charge on any atom is -0.388 e. The average Bonchev–Trinajstić information content (AvgIpc) is 3.15. The van der Waals surface area contributed by atoms with Crippen LogP contribution in [-0.4, -0.2) is 94.1 Å². The minimum atomic E-state index is -4.39. The summed E-state index contributed by atoms with van der Waals surface area (Å²) in [7, 11) is 0. The van der Waals surface area contributed by atoms with Gasteiger partial charge in [0.2, 0.25) is 5.91 Å². The van der Waals surface area contributed by atoms with E-state index >= 15 is 0 Å². The third kappa shape index (κ3) is 6.27. The first-order chi connectivity index (χ1) is 17.9. The topological polar surface area (TPSA) is 120 Å². The van der Waals surface area contributed by atoms with Crippen LogP contribution in [-0.2, 0) is 20.4 Å². The number of aliphatic hydroxyl groups excluding tert-OH is 3. The molecule has 3 unspecified atom stereocenters. The molecule has 3 aliphatic heterocycles. The third-order valence-corrected chi connectivity index (χ3v) is 8.87. The second-order valence-electron chi connectivity index (χ2n) is 10.2. The smallest absolute Gasteiger partial charge is 0.388 e. The number of ether oxygens (including phenoxy) is 2. The molecule has 38 heavy (non-hydrogen) atoms. The predicted octanol–water partition coefficient (Wildman–Crippen LogP) is 1.84. The number of carbonyl (C=O) groups excluding carboxylic acids is 1. The lowest BCUT2D eigenvalue weighted by Crippen LogP contribution is -2.65. The fraction of sp³-hybridized carbons (Fsp3) is 0.720. The molecule has 3 aliphatic rings. The van der Waals surface area contributed by atoms with Gasteiger partial charge in [0, 0.05) is 19.1 Å². The fourth-order valence-corrected chi connectivity index (χ4v) is 6.51. The van der Waals surface area contributed by atoms with Gasteiger partial charge in [0.15, 0.2) is 0 Å². The van der Waals surface area contributed by atoms with Gasteiger partial charge in [-0.05, 0) is 49.6 Å². The summed E-state index contributed by atoms with van der Waals surface area (Å²) in [6.07, 6.45) is -7.19. The van der Waals surface area contributed by atoms with Crippen molar-refractivity contribution in [2.24, 2.45) is 5.92 Å². The van der Waals surface area contributed by atoms with Gasteiger partial charge in [-0.15, -0.1) is 23.4 Å². The number of nitrogens with one attached hydrogen (secondary N) is 2. The van der Waals surface area contributed by atoms with Crippen molar-refractivity contribution in [2.75, 3.05) is 19.4 Å². The van der Waals surface area contributed by atoms with Gasteiger partial charge in [-0.3, -0.25) is 4.79 Å². The summed E-state index contributed by atoms with van der Waals surface area (Å²) in [5.74, 6) is -0.449. The summed E-state index contributed by atoms with van der Waals surface area (Å²) in [6.45, 7) is 2.47. The Balaban J connectivity index is 1.43. The van der Waals surface area contributed by atoms with Crippen LogP contribution in [0.4, 0.5) is 13.2 Å². The molecule has 3 fully saturated rings. The number of thioether (sulfide) groups is 1. The van der Waals surface area contributed by atoms with E-state index in [4.69, 9.17) is 21.1 Å². The first-order valence-electron chi connectivity index (χ1n) is 12.6. The summed E-state index contributed by atoms with van der Waals surface area (Å²) in [5.41, 5.74) is -0.697. The summed E-state index contributed by atoms with van der Waals surface area (Å²) in [6, 6.07) is 3.62. The molecule has 1 aromatic carbocycles. The zero-order valence-corrected chi connectivity index (χ0v) is 22.5. The monoisotopic (exact) mass is 582 g/mol. The molecule has 3 saturated heterocycles. The van der Waals surface area contributed by atoms with Crippen LogP contribution in [0.2, 0.25) is 0 Å². The van der Waals surface area contributed by atoms with Crippen molar-refractivity contribution in [1.82, 2.24) is 10.6 Å². The maximum Gasteiger partial charge on any atom is 0.416 e. The number of alkyl halides is 4. The van der Waals surface area contributed by atoms with Gasteiger partial charge < -0.3 is 35.4 Å². The molecule has 0 aromatic heterocycles. The Hall–Kier alpha value is -1.12. The van der Waals surface area contributed by atoms with Crippen LogP contribution in [0, 0.1) is 5.92 Å². The highest BCUT2D eigenvalue weighted by molar-refractivity contribution is 7.99. The lowest BCUT2D eigenvalue weighted by Gasteiger charge is -2.44. The molecule has 1 amide bonds. The maximum atomic E-state index is 13.4. The molecule has 4 rings (SSSR count). The van der Waals surface area contributed by atoms with Crippen molar-refractivity contribution >= 4 is 29.3 Å². The molecular weight excluding hydrogens is 549 g/mol. The lowest BCUT2D eigenvalue weighted by molar-refractivity contribution is -0.205. The Kier molecular flexibility index (Phi) is 9.56. The number of halogens is 4. The number of rotatable bonds is 6. The summed E-state index contributed by atoms with van der Waals surface area (Å²) < 4.78 is 50.8. The van der Waals surface area contributed by atoms with Crippen molar-refractivity contribution in [3.8, 4) is 0 Å². The highest BCUT2D eigenvalue weighted by atomic mass is 35.5. The predicted molar refractivity (Wildman–Crippen MR) is 136 cm³/mol. The Morgan fingerprint density at radius 2 is 1.87 bits per heavy atom. The molecule has 11 atom stereocenters. The van der Waals surface area contributed by atoms with Crippen LogP contribution >= 0.6 is 23.4 Å². The lowest BCUT2D eigenvalue weighted by atomic mass is 9.85. The molecular formula is C25H34ClF3N2O6S. The van der Waals surface area contributed by atoms with E-state index in [0.717, 1.165) is 17.7 Å². The summed E-state index contributed by atoms with van der Waals surface area (Å²) in [4.78, 5) is 13.4. The number of benzene rings is 1. The maximum absolute atomic E-state index is 13.4. The van der Waals surface area contributed by atoms with Crippen molar-refractivity contribution in [2.45, 2.75) is 85.3 Å². The molecule has 0 aliphatic carbocycles. The largest absolute Gasteiger partial charge is 0.416 e. The minimum absolute atomic E-state index is 0.00585. The van der Waals surface area contributed by atoms with Crippen molar-refractivity contribution in [1.29, 1.82) is 0 Å². The van der Waals surface area contributed by atoms with Gasteiger partial charge in [0.1, 0.15) is 35.9 Å². The van der Waals surface area contributed by atoms with Gasteiger partial charge >= 0.3 is 6.18 Å². The highest BCUT2D eigenvalue weighted by Crippen LogP contribution is 2.38. The van der Waals surface area contributed by atoms with E-state index in [-0.39, 0.29) is 11.8 Å². The molecule has 0 spiro atoms. The van der Waals surface area contributed by atoms with E-state index in [0.29, 0.717) is 26.0 Å². The van der Waals surface area contributed by atoms with Crippen LogP contribution in [0.15, 0.2) is 24.3 Å². The van der Waals surface area contributed by atoms with Gasteiger partial charge in [-0.1, -0.05) is 12.1 Å². The Morgan fingerprint density at radius 3 is 2.47 bits per heavy atom. The van der Waals surface area contributed by atoms with Crippen molar-refractivity contribution in [3.63, 3.8) is 0 Å². The first kappa shape index (κ1) is 29.9. The zero-order valence-electron chi connectivity index (χ0n) is 21.0. The Morgan fingerprint density at radius 1 is 1.18 bits per heavy atom. The molecule has 0 bridgehead atoms. The second-order valence-corrected chi connectivity index (χ2v) is 11.8. The number of hydrogen-bond acceptors (Lipinski definition) is 8. The number of hydrogen-bond donors (Lipinski definition) is 5. The van der Waals surface area contributed by atoms with Crippen LogP contribution in [0.5, 0.6) is 0 Å². The molecule has 13 heteroatoms. The summed E-state index contributed by atoms with van der Waals surface area (Å²) >= 11 is 7.55. The number of carbonyl (C=O) groups is 1. The molecule has 0 saturated carbocycles. The van der Waals surface area contributed by atoms with Gasteiger partial charge in [-0.2, -0.15) is 13.2 Å². The van der Waals surface area contributed by atoms with Crippen molar-refractivity contribution in [3.05, 3.63) is 35.4 Å². The number of fused-ring (bicyclic) bond motifs is 1. The molecule has 1 aromatic rings. The number of amides is 1. The zero-order chi connectivity index (χ0) is 27.8. The standard InChI is InChI=1S/C25H34ClF3N2O6S/c1-11(26)16(22-19(33)18(32)20(34)24(37-22)38-2)31-23(35)17-21-14(10-30-17)9-13(7-8-36-21)12-3-5-15(6-4-12)25(27,28)29/h3-6,11,13-14,16-22,24,30,32-34H,7-10H2,1-2H3,(H,31,35)/t11-,13-,14-,16+,17-,18?,19?,20+,21+,22+,24?/m0/s1. The van der Waals surface area contributed by atoms with Crippen LogP contribution in [0.1, 0.15) is 36.8 Å². The van der Waals surface area contributed by atoms with E-state index in [2.05, 4.69) is 10.6 Å². The van der Waals surface area contributed by atoms with Crippen molar-refractivity contribution < 1.29 is 42.8 Å². The van der Waals surface area contributed by atoms with Gasteiger partial charge in [0.25, 0.3) is 0 Å². The Bertz CT molecular complexity index is 956. The number of aliphatic hydroxyl groups is 3. The fourth-order valence-electron chi connectivity index (χ4n) is 5.63. The molecule has 214 valence electrons. The summed E-state index contributed by atoms with van der Waals surface area (Å²) in [5, 5.41) is 36.4. The highest BCUT2D eigenvalue weighted by Gasteiger charge is 2.49. The molecule has 8 nitrogen and oxygen atoms in total.